The molecule has 100 valence electrons. The van der Waals surface area contributed by atoms with Gasteiger partial charge in [-0.1, -0.05) is 6.07 Å². The normalized spacial score (nSPS) is 18.9. The summed E-state index contributed by atoms with van der Waals surface area (Å²) in [6, 6.07) is 6.02. The molecule has 1 unspecified atom stereocenters. The zero-order chi connectivity index (χ0) is 13.0. The Labute approximate surface area is 109 Å². The van der Waals surface area contributed by atoms with Crippen molar-refractivity contribution in [1.82, 2.24) is 0 Å². The Morgan fingerprint density at radius 2 is 2.33 bits per heavy atom. The van der Waals surface area contributed by atoms with E-state index in [1.165, 1.54) is 6.42 Å². The van der Waals surface area contributed by atoms with E-state index in [0.29, 0.717) is 12.6 Å². The predicted molar refractivity (Wildman–Crippen MR) is 73.1 cm³/mol. The third kappa shape index (κ3) is 2.94. The van der Waals surface area contributed by atoms with Gasteiger partial charge in [0, 0.05) is 38.5 Å². The smallest absolute Gasteiger partial charge is 0.120 e. The molecule has 1 atom stereocenters. The topological polar surface area (TPSA) is 47.7 Å². The van der Waals surface area contributed by atoms with E-state index in [4.69, 9.17) is 15.2 Å². The number of anilines is 1. The van der Waals surface area contributed by atoms with Crippen LogP contribution < -0.4 is 15.4 Å². The van der Waals surface area contributed by atoms with E-state index >= 15 is 0 Å². The van der Waals surface area contributed by atoms with Gasteiger partial charge in [-0.3, -0.25) is 0 Å². The summed E-state index contributed by atoms with van der Waals surface area (Å²) >= 11 is 0. The average molecular weight is 250 g/mol. The van der Waals surface area contributed by atoms with E-state index < -0.39 is 0 Å². The van der Waals surface area contributed by atoms with Gasteiger partial charge in [0.15, 0.2) is 0 Å². The first-order valence-corrected chi connectivity index (χ1v) is 6.44. The second-order valence-corrected chi connectivity index (χ2v) is 4.71. The Morgan fingerprint density at radius 1 is 1.50 bits per heavy atom. The number of likely N-dealkylation sites (N-methyl/N-ethyl adjacent to an activating group) is 1. The number of hydrogen-bond acceptors (Lipinski definition) is 4. The molecular weight excluding hydrogens is 228 g/mol. The number of benzene rings is 1. The van der Waals surface area contributed by atoms with Gasteiger partial charge in [0.25, 0.3) is 0 Å². The summed E-state index contributed by atoms with van der Waals surface area (Å²) in [5.41, 5.74) is 8.06. The molecule has 1 heterocycles. The lowest BCUT2D eigenvalue weighted by atomic mass is 10.1. The van der Waals surface area contributed by atoms with E-state index in [2.05, 4.69) is 11.9 Å². The molecule has 0 bridgehead atoms. The molecule has 1 aromatic carbocycles. The summed E-state index contributed by atoms with van der Waals surface area (Å²) in [7, 11) is 3.76. The van der Waals surface area contributed by atoms with Crippen LogP contribution in [0.15, 0.2) is 18.2 Å². The fourth-order valence-corrected chi connectivity index (χ4v) is 2.39. The zero-order valence-corrected chi connectivity index (χ0v) is 11.2. The van der Waals surface area contributed by atoms with Crippen molar-refractivity contribution in [2.45, 2.75) is 25.5 Å². The molecule has 1 saturated heterocycles. The molecule has 0 amide bonds. The molecule has 0 aliphatic carbocycles. The van der Waals surface area contributed by atoms with Crippen molar-refractivity contribution in [3.8, 4) is 5.75 Å². The summed E-state index contributed by atoms with van der Waals surface area (Å²) in [4.78, 5) is 2.21. The molecule has 0 aromatic heterocycles. The Balaban J connectivity index is 2.13. The molecule has 2 rings (SSSR count). The molecule has 1 aliphatic rings. The van der Waals surface area contributed by atoms with Crippen LogP contribution in [0.5, 0.6) is 5.75 Å². The maximum absolute atomic E-state index is 5.79. The Bertz CT molecular complexity index is 389. The van der Waals surface area contributed by atoms with Gasteiger partial charge in [-0.2, -0.15) is 0 Å². The minimum atomic E-state index is 0.340. The summed E-state index contributed by atoms with van der Waals surface area (Å²) in [5, 5.41) is 0. The number of ether oxygens (including phenoxy) is 2. The van der Waals surface area contributed by atoms with Crippen molar-refractivity contribution in [3.05, 3.63) is 23.8 Å². The largest absolute Gasteiger partial charge is 0.497 e. The fourth-order valence-electron chi connectivity index (χ4n) is 2.39. The molecule has 0 radical (unpaired) electrons. The van der Waals surface area contributed by atoms with Gasteiger partial charge in [-0.15, -0.1) is 0 Å². The highest BCUT2D eigenvalue weighted by molar-refractivity contribution is 5.57. The van der Waals surface area contributed by atoms with Crippen molar-refractivity contribution >= 4 is 5.69 Å². The molecule has 0 saturated carbocycles. The summed E-state index contributed by atoms with van der Waals surface area (Å²) in [6.45, 7) is 2.33. The first kappa shape index (κ1) is 13.2. The maximum Gasteiger partial charge on any atom is 0.120 e. The molecule has 1 aromatic rings. The number of hydrogen-bond donors (Lipinski definition) is 1. The van der Waals surface area contributed by atoms with Crippen LogP contribution in [0.4, 0.5) is 5.69 Å². The molecular formula is C14H22N2O2. The highest BCUT2D eigenvalue weighted by Crippen LogP contribution is 2.26. The third-order valence-electron chi connectivity index (χ3n) is 3.43. The number of rotatable bonds is 5. The molecule has 0 spiro atoms. The van der Waals surface area contributed by atoms with E-state index in [9.17, 15) is 0 Å². The number of nitrogens with two attached hydrogens (primary N) is 1. The summed E-state index contributed by atoms with van der Waals surface area (Å²) < 4.78 is 10.9. The standard InChI is InChI=1S/C14H22N2O2/c1-16(10-13-4-3-7-18-13)14-8-12(17-2)6-5-11(14)9-15/h5-6,8,13H,3-4,7,9-10,15H2,1-2H3. The van der Waals surface area contributed by atoms with E-state index in [1.54, 1.807) is 7.11 Å². The highest BCUT2D eigenvalue weighted by Gasteiger charge is 2.18. The van der Waals surface area contributed by atoms with E-state index in [0.717, 1.165) is 36.6 Å². The lowest BCUT2D eigenvalue weighted by Crippen LogP contribution is -2.29. The first-order chi connectivity index (χ1) is 8.74. The van der Waals surface area contributed by atoms with Crippen LogP contribution in [0.1, 0.15) is 18.4 Å². The Morgan fingerprint density at radius 3 is 2.94 bits per heavy atom. The van der Waals surface area contributed by atoms with Crippen molar-refractivity contribution in [2.75, 3.05) is 32.2 Å². The van der Waals surface area contributed by atoms with Crippen molar-refractivity contribution in [2.24, 2.45) is 5.73 Å². The van der Waals surface area contributed by atoms with Crippen LogP contribution in [0, 0.1) is 0 Å². The Hall–Kier alpha value is -1.26. The molecule has 4 heteroatoms. The Kier molecular flexibility index (Phi) is 4.44. The quantitative estimate of drug-likeness (QED) is 0.865. The maximum atomic E-state index is 5.79. The van der Waals surface area contributed by atoms with Gasteiger partial charge in [0.2, 0.25) is 0 Å². The molecule has 4 nitrogen and oxygen atoms in total. The SMILES string of the molecule is COc1ccc(CN)c(N(C)CC2CCCO2)c1. The first-order valence-electron chi connectivity index (χ1n) is 6.44. The zero-order valence-electron chi connectivity index (χ0n) is 11.2. The van der Waals surface area contributed by atoms with Crippen LogP contribution >= 0.6 is 0 Å². The second-order valence-electron chi connectivity index (χ2n) is 4.71. The third-order valence-corrected chi connectivity index (χ3v) is 3.43. The van der Waals surface area contributed by atoms with E-state index in [1.807, 2.05) is 18.2 Å². The fraction of sp³-hybridized carbons (Fsp3) is 0.571. The van der Waals surface area contributed by atoms with Crippen molar-refractivity contribution in [1.29, 1.82) is 0 Å². The van der Waals surface area contributed by atoms with Crippen LogP contribution in [0.3, 0.4) is 0 Å². The summed E-state index contributed by atoms with van der Waals surface area (Å²) in [6.07, 6.45) is 2.65. The average Bonchev–Trinajstić information content (AvgIpc) is 2.90. The van der Waals surface area contributed by atoms with Gasteiger partial charge in [0.05, 0.1) is 13.2 Å². The minimum absolute atomic E-state index is 0.340. The van der Waals surface area contributed by atoms with Crippen LogP contribution in [-0.4, -0.2) is 33.4 Å². The van der Waals surface area contributed by atoms with Gasteiger partial charge >= 0.3 is 0 Å². The molecule has 2 N–H and O–H groups in total. The lowest BCUT2D eigenvalue weighted by molar-refractivity contribution is 0.116. The monoisotopic (exact) mass is 250 g/mol. The van der Waals surface area contributed by atoms with E-state index in [-0.39, 0.29) is 0 Å². The molecule has 18 heavy (non-hydrogen) atoms. The van der Waals surface area contributed by atoms with Gasteiger partial charge in [-0.25, -0.2) is 0 Å². The second kappa shape index (κ2) is 6.07. The van der Waals surface area contributed by atoms with Crippen LogP contribution in [0.25, 0.3) is 0 Å². The van der Waals surface area contributed by atoms with Gasteiger partial charge in [0.1, 0.15) is 5.75 Å². The van der Waals surface area contributed by atoms with Gasteiger partial charge in [-0.05, 0) is 24.5 Å². The number of nitrogens with zero attached hydrogens (tertiary/aromatic N) is 1. The van der Waals surface area contributed by atoms with Crippen molar-refractivity contribution in [3.63, 3.8) is 0 Å². The highest BCUT2D eigenvalue weighted by atomic mass is 16.5. The van der Waals surface area contributed by atoms with Crippen LogP contribution in [-0.2, 0) is 11.3 Å². The van der Waals surface area contributed by atoms with Gasteiger partial charge < -0.3 is 20.1 Å². The molecule has 1 aliphatic heterocycles. The lowest BCUT2D eigenvalue weighted by Gasteiger charge is -2.25. The van der Waals surface area contributed by atoms with Crippen molar-refractivity contribution < 1.29 is 9.47 Å². The number of methoxy groups -OCH3 is 1. The minimum Gasteiger partial charge on any atom is -0.497 e. The predicted octanol–water partition coefficient (Wildman–Crippen LogP) is 1.77. The van der Waals surface area contributed by atoms with Crippen LogP contribution in [0.2, 0.25) is 0 Å². The molecule has 1 fully saturated rings. The summed E-state index contributed by atoms with van der Waals surface area (Å²) in [5.74, 6) is 0.862.